The Hall–Kier alpha value is -2.79. The van der Waals surface area contributed by atoms with Crippen LogP contribution in [0.2, 0.25) is 0 Å². The van der Waals surface area contributed by atoms with Gasteiger partial charge >= 0.3 is 0 Å². The minimum Gasteiger partial charge on any atom is -0.496 e. The molecule has 0 aliphatic heterocycles. The molecule has 0 aliphatic rings. The number of furan rings is 1. The van der Waals surface area contributed by atoms with Gasteiger partial charge in [-0.25, -0.2) is 0 Å². The van der Waals surface area contributed by atoms with Gasteiger partial charge in [-0.15, -0.1) is 0 Å². The molecule has 3 rings (SSSR count). The normalized spacial score (nSPS) is 10.8. The molecule has 0 spiro atoms. The number of fused-ring (bicyclic) bond motifs is 1. The van der Waals surface area contributed by atoms with Crippen LogP contribution in [0.15, 0.2) is 59.2 Å². The quantitative estimate of drug-likeness (QED) is 0.756. The molecule has 0 saturated heterocycles. The van der Waals surface area contributed by atoms with Gasteiger partial charge in [-0.1, -0.05) is 36.4 Å². The second-order valence-electron chi connectivity index (χ2n) is 5.41. The Morgan fingerprint density at radius 3 is 2.71 bits per heavy atom. The van der Waals surface area contributed by atoms with E-state index in [-0.39, 0.29) is 19.1 Å². The van der Waals surface area contributed by atoms with Crippen LogP contribution in [-0.4, -0.2) is 36.2 Å². The fourth-order valence-corrected chi connectivity index (χ4v) is 2.73. The van der Waals surface area contributed by atoms with Crippen molar-refractivity contribution < 1.29 is 19.1 Å². The van der Waals surface area contributed by atoms with Crippen LogP contribution in [0.1, 0.15) is 15.9 Å². The SMILES string of the molecule is COc1ccccc1CN(CCO)C(=O)c1coc2ccccc12. The third-order valence-corrected chi connectivity index (χ3v) is 3.92. The topological polar surface area (TPSA) is 62.9 Å². The van der Waals surface area contributed by atoms with Crippen molar-refractivity contribution in [3.63, 3.8) is 0 Å². The largest absolute Gasteiger partial charge is 0.496 e. The lowest BCUT2D eigenvalue weighted by Crippen LogP contribution is -2.33. The molecule has 1 amide bonds. The van der Waals surface area contributed by atoms with Crippen molar-refractivity contribution in [3.05, 3.63) is 65.9 Å². The van der Waals surface area contributed by atoms with Gasteiger partial charge in [-0.2, -0.15) is 0 Å². The summed E-state index contributed by atoms with van der Waals surface area (Å²) in [5.74, 6) is 0.533. The minimum atomic E-state index is -0.181. The van der Waals surface area contributed by atoms with Gasteiger partial charge in [0.2, 0.25) is 0 Å². The molecule has 0 radical (unpaired) electrons. The molecule has 0 unspecified atom stereocenters. The van der Waals surface area contributed by atoms with E-state index < -0.39 is 0 Å². The Balaban J connectivity index is 1.91. The van der Waals surface area contributed by atoms with Crippen LogP contribution in [-0.2, 0) is 6.54 Å². The number of para-hydroxylation sites is 2. The van der Waals surface area contributed by atoms with Gasteiger partial charge in [0.1, 0.15) is 17.6 Å². The van der Waals surface area contributed by atoms with Crippen LogP contribution in [0.25, 0.3) is 11.0 Å². The molecular formula is C19H19NO4. The van der Waals surface area contributed by atoms with Gasteiger partial charge in [0.05, 0.1) is 19.3 Å². The average molecular weight is 325 g/mol. The van der Waals surface area contributed by atoms with Gasteiger partial charge in [0.25, 0.3) is 5.91 Å². The predicted molar refractivity (Wildman–Crippen MR) is 91.0 cm³/mol. The first-order chi connectivity index (χ1) is 11.7. The Labute approximate surface area is 140 Å². The van der Waals surface area contributed by atoms with Crippen LogP contribution in [0, 0.1) is 0 Å². The van der Waals surface area contributed by atoms with Crippen LogP contribution in [0.5, 0.6) is 5.75 Å². The van der Waals surface area contributed by atoms with Crippen molar-refractivity contribution in [2.24, 2.45) is 0 Å². The molecular weight excluding hydrogens is 306 g/mol. The molecule has 24 heavy (non-hydrogen) atoms. The van der Waals surface area contributed by atoms with Crippen molar-refractivity contribution in [2.45, 2.75) is 6.54 Å². The summed E-state index contributed by atoms with van der Waals surface area (Å²) in [7, 11) is 1.60. The molecule has 0 fully saturated rings. The highest BCUT2D eigenvalue weighted by molar-refractivity contribution is 6.05. The third-order valence-electron chi connectivity index (χ3n) is 3.92. The van der Waals surface area contributed by atoms with E-state index >= 15 is 0 Å². The summed E-state index contributed by atoms with van der Waals surface area (Å²) in [6.45, 7) is 0.468. The zero-order chi connectivity index (χ0) is 16.9. The molecule has 2 aromatic carbocycles. The van der Waals surface area contributed by atoms with Crippen molar-refractivity contribution in [1.29, 1.82) is 0 Å². The Morgan fingerprint density at radius 1 is 1.17 bits per heavy atom. The zero-order valence-corrected chi connectivity index (χ0v) is 13.4. The Morgan fingerprint density at radius 2 is 1.92 bits per heavy atom. The van der Waals surface area contributed by atoms with Crippen LogP contribution in [0.4, 0.5) is 0 Å². The number of methoxy groups -OCH3 is 1. The van der Waals surface area contributed by atoms with Gasteiger partial charge in [-0.3, -0.25) is 4.79 Å². The number of aliphatic hydroxyl groups is 1. The first-order valence-electron chi connectivity index (χ1n) is 7.73. The number of aliphatic hydroxyl groups excluding tert-OH is 1. The number of hydrogen-bond acceptors (Lipinski definition) is 4. The summed E-state index contributed by atoms with van der Waals surface area (Å²) >= 11 is 0. The summed E-state index contributed by atoms with van der Waals surface area (Å²) < 4.78 is 10.8. The highest BCUT2D eigenvalue weighted by Gasteiger charge is 2.21. The second-order valence-corrected chi connectivity index (χ2v) is 5.41. The molecule has 1 heterocycles. The first-order valence-corrected chi connectivity index (χ1v) is 7.73. The summed E-state index contributed by atoms with van der Waals surface area (Å²) in [6, 6.07) is 14.9. The lowest BCUT2D eigenvalue weighted by molar-refractivity contribution is 0.0707. The third kappa shape index (κ3) is 3.12. The molecule has 1 N–H and O–H groups in total. The number of amides is 1. The number of benzene rings is 2. The smallest absolute Gasteiger partial charge is 0.258 e. The van der Waals surface area contributed by atoms with Gasteiger partial charge in [0.15, 0.2) is 0 Å². The monoisotopic (exact) mass is 325 g/mol. The van der Waals surface area contributed by atoms with Crippen molar-refractivity contribution in [1.82, 2.24) is 4.90 Å². The number of rotatable bonds is 6. The standard InChI is InChI=1S/C19H19NO4/c1-23-17-8-4-2-6-14(17)12-20(10-11-21)19(22)16-13-24-18-9-5-3-7-15(16)18/h2-9,13,21H,10-12H2,1H3. The summed E-state index contributed by atoms with van der Waals surface area (Å²) in [5.41, 5.74) is 2.05. The van der Waals surface area contributed by atoms with Crippen molar-refractivity contribution >= 4 is 16.9 Å². The lowest BCUT2D eigenvalue weighted by atomic mass is 10.1. The Kier molecular flexibility index (Phi) is 4.82. The van der Waals surface area contributed by atoms with Gasteiger partial charge < -0.3 is 19.2 Å². The van der Waals surface area contributed by atoms with Crippen LogP contribution < -0.4 is 4.74 Å². The molecule has 0 atom stereocenters. The maximum absolute atomic E-state index is 12.9. The molecule has 5 nitrogen and oxygen atoms in total. The van der Waals surface area contributed by atoms with E-state index in [1.807, 2.05) is 48.5 Å². The number of carbonyl (C=O) groups is 1. The summed E-state index contributed by atoms with van der Waals surface area (Å²) in [6.07, 6.45) is 1.47. The molecule has 3 aromatic rings. The van der Waals surface area contributed by atoms with E-state index in [1.54, 1.807) is 12.0 Å². The van der Waals surface area contributed by atoms with E-state index in [2.05, 4.69) is 0 Å². The Bertz CT molecular complexity index is 840. The van der Waals surface area contributed by atoms with Crippen LogP contribution in [0.3, 0.4) is 0 Å². The van der Waals surface area contributed by atoms with Gasteiger partial charge in [-0.05, 0) is 12.1 Å². The van der Waals surface area contributed by atoms with Gasteiger partial charge in [0, 0.05) is 24.0 Å². The highest BCUT2D eigenvalue weighted by atomic mass is 16.5. The minimum absolute atomic E-state index is 0.114. The maximum atomic E-state index is 12.9. The molecule has 1 aromatic heterocycles. The fourth-order valence-electron chi connectivity index (χ4n) is 2.73. The van der Waals surface area contributed by atoms with Crippen molar-refractivity contribution in [2.75, 3.05) is 20.3 Å². The average Bonchev–Trinajstić information content (AvgIpc) is 3.05. The van der Waals surface area contributed by atoms with E-state index in [4.69, 9.17) is 9.15 Å². The zero-order valence-electron chi connectivity index (χ0n) is 13.4. The molecule has 124 valence electrons. The number of nitrogens with zero attached hydrogens (tertiary/aromatic N) is 1. The van der Waals surface area contributed by atoms with E-state index in [0.29, 0.717) is 23.4 Å². The molecule has 0 aliphatic carbocycles. The summed E-state index contributed by atoms with van der Waals surface area (Å²) in [5, 5.41) is 10.1. The van der Waals surface area contributed by atoms with E-state index in [0.717, 1.165) is 10.9 Å². The molecule has 5 heteroatoms. The second kappa shape index (κ2) is 7.19. The first kappa shape index (κ1) is 16.1. The van der Waals surface area contributed by atoms with E-state index in [1.165, 1.54) is 6.26 Å². The van der Waals surface area contributed by atoms with E-state index in [9.17, 15) is 9.90 Å². The molecule has 0 saturated carbocycles. The predicted octanol–water partition coefficient (Wildman–Crippen LogP) is 3.08. The lowest BCUT2D eigenvalue weighted by Gasteiger charge is -2.22. The highest BCUT2D eigenvalue weighted by Crippen LogP contribution is 2.24. The molecule has 0 bridgehead atoms. The van der Waals surface area contributed by atoms with Crippen molar-refractivity contribution in [3.8, 4) is 5.75 Å². The summed E-state index contributed by atoms with van der Waals surface area (Å²) in [4.78, 5) is 14.5. The maximum Gasteiger partial charge on any atom is 0.258 e. The number of hydrogen-bond donors (Lipinski definition) is 1. The number of carbonyl (C=O) groups excluding carboxylic acids is 1. The fraction of sp³-hybridized carbons (Fsp3) is 0.211. The van der Waals surface area contributed by atoms with Crippen LogP contribution >= 0.6 is 0 Å². The number of ether oxygens (including phenoxy) is 1.